The van der Waals surface area contributed by atoms with E-state index in [2.05, 4.69) is 34.0 Å². The molecule has 0 unspecified atom stereocenters. The lowest BCUT2D eigenvalue weighted by Gasteiger charge is -2.51. The molecule has 4 heterocycles. The van der Waals surface area contributed by atoms with Crippen molar-refractivity contribution in [3.8, 4) is 10.4 Å². The first-order valence-corrected chi connectivity index (χ1v) is 18.9. The Morgan fingerprint density at radius 1 is 0.893 bits per heavy atom. The van der Waals surface area contributed by atoms with Crippen LogP contribution in [0.1, 0.15) is 68.6 Å². The summed E-state index contributed by atoms with van der Waals surface area (Å²) in [6.45, 7) is 7.46. The first-order chi connectivity index (χ1) is 26.9. The van der Waals surface area contributed by atoms with E-state index in [1.54, 1.807) is 18.3 Å². The predicted octanol–water partition coefficient (Wildman–Crippen LogP) is 9.79. The second-order valence-corrected chi connectivity index (χ2v) is 15.0. The van der Waals surface area contributed by atoms with Crippen molar-refractivity contribution in [2.24, 2.45) is 5.41 Å². The number of hydrogen-bond donors (Lipinski definition) is 2. The number of pyridine rings is 1. The lowest BCUT2D eigenvalue weighted by Crippen LogP contribution is -2.57. The lowest BCUT2D eigenvalue weighted by molar-refractivity contribution is 0.0985. The Labute approximate surface area is 323 Å². The molecular formula is C42H36F5N5O3S. The van der Waals surface area contributed by atoms with Crippen molar-refractivity contribution in [3.05, 3.63) is 136 Å². The van der Waals surface area contributed by atoms with Gasteiger partial charge in [-0.3, -0.25) is 14.4 Å². The van der Waals surface area contributed by atoms with Gasteiger partial charge in [0.25, 0.3) is 17.7 Å². The number of aromatic nitrogens is 1. The minimum absolute atomic E-state index is 0.0443. The van der Waals surface area contributed by atoms with Crippen LogP contribution >= 0.6 is 11.3 Å². The molecule has 0 radical (unpaired) electrons. The maximum Gasteiger partial charge on any atom is 0.265 e. The Bertz CT molecular complexity index is 2340. The van der Waals surface area contributed by atoms with E-state index in [1.165, 1.54) is 30.3 Å². The van der Waals surface area contributed by atoms with E-state index in [0.29, 0.717) is 34.0 Å². The SMILES string of the molecule is C=CCCC1(CCC)CN(c2ncccc2C(=O)Nc2ccc(C(=O)N3CCc4cc(C(=O)Nc5c(F)cccc5F)sc4-c4c3cc(F)c(F)c4F)cc2)C1. The normalized spacial score (nSPS) is 14.2. The van der Waals surface area contributed by atoms with Gasteiger partial charge in [-0.1, -0.05) is 25.5 Å². The van der Waals surface area contributed by atoms with Gasteiger partial charge in [0.2, 0.25) is 0 Å². The Kier molecular flexibility index (Phi) is 10.8. The lowest BCUT2D eigenvalue weighted by atomic mass is 9.72. The van der Waals surface area contributed by atoms with Crippen molar-refractivity contribution >= 4 is 51.9 Å². The quantitative estimate of drug-likeness (QED) is 0.0791. The largest absolute Gasteiger partial charge is 0.355 e. The van der Waals surface area contributed by atoms with Crippen LogP contribution in [0, 0.1) is 34.5 Å². The number of thiophene rings is 1. The molecule has 0 bridgehead atoms. The highest BCUT2D eigenvalue weighted by Crippen LogP contribution is 2.45. The number of nitrogens with one attached hydrogen (secondary N) is 2. The molecule has 1 fully saturated rings. The molecule has 8 nitrogen and oxygen atoms in total. The van der Waals surface area contributed by atoms with Crippen molar-refractivity contribution in [2.45, 2.75) is 39.0 Å². The molecular weight excluding hydrogens is 750 g/mol. The summed E-state index contributed by atoms with van der Waals surface area (Å²) in [5.41, 5.74) is 0.00993. The van der Waals surface area contributed by atoms with Gasteiger partial charge >= 0.3 is 0 Å². The number of nitrogens with zero attached hydrogens (tertiary/aromatic N) is 3. The Hall–Kier alpha value is -5.89. The van der Waals surface area contributed by atoms with Crippen LogP contribution in [-0.4, -0.2) is 42.3 Å². The second kappa shape index (κ2) is 15.7. The van der Waals surface area contributed by atoms with Crippen LogP contribution < -0.4 is 20.4 Å². The highest BCUT2D eigenvalue weighted by atomic mass is 32.1. The van der Waals surface area contributed by atoms with Crippen molar-refractivity contribution in [3.63, 3.8) is 0 Å². The molecule has 2 N–H and O–H groups in total. The number of fused-ring (bicyclic) bond motifs is 3. The minimum atomic E-state index is -1.77. The van der Waals surface area contributed by atoms with Gasteiger partial charge in [-0.25, -0.2) is 26.9 Å². The van der Waals surface area contributed by atoms with E-state index in [9.17, 15) is 31.9 Å². The van der Waals surface area contributed by atoms with Crippen molar-refractivity contribution in [1.82, 2.24) is 4.98 Å². The van der Waals surface area contributed by atoms with Gasteiger partial charge in [0, 0.05) is 53.4 Å². The fourth-order valence-corrected chi connectivity index (χ4v) is 8.63. The number of halogens is 5. The Balaban J connectivity index is 1.10. The summed E-state index contributed by atoms with van der Waals surface area (Å²) in [5.74, 6) is -8.23. The van der Waals surface area contributed by atoms with E-state index < -0.39 is 52.2 Å². The van der Waals surface area contributed by atoms with Crippen LogP contribution in [0.25, 0.3) is 10.4 Å². The molecule has 3 amide bonds. The smallest absolute Gasteiger partial charge is 0.265 e. The molecule has 288 valence electrons. The Morgan fingerprint density at radius 3 is 2.32 bits per heavy atom. The van der Waals surface area contributed by atoms with Gasteiger partial charge in [0.15, 0.2) is 17.5 Å². The number of amides is 3. The third kappa shape index (κ3) is 7.28. The molecule has 2 aromatic heterocycles. The molecule has 0 spiro atoms. The number of hydrogen-bond acceptors (Lipinski definition) is 6. The zero-order valence-corrected chi connectivity index (χ0v) is 31.1. The summed E-state index contributed by atoms with van der Waals surface area (Å²) in [6, 6.07) is 14.5. The number of carbonyl (C=O) groups is 3. The number of benzene rings is 3. The van der Waals surface area contributed by atoms with Crippen LogP contribution in [0.3, 0.4) is 0 Å². The van der Waals surface area contributed by atoms with Crippen LogP contribution in [0.4, 0.5) is 44.8 Å². The summed E-state index contributed by atoms with van der Waals surface area (Å²) in [6.07, 6.45) is 7.66. The van der Waals surface area contributed by atoms with E-state index in [4.69, 9.17) is 0 Å². The molecule has 5 aromatic rings. The van der Waals surface area contributed by atoms with Crippen molar-refractivity contribution in [2.75, 3.05) is 40.1 Å². The summed E-state index contributed by atoms with van der Waals surface area (Å²) in [4.78, 5) is 48.3. The number of para-hydroxylation sites is 1. The average molecular weight is 786 g/mol. The second-order valence-electron chi connectivity index (χ2n) is 13.9. The molecule has 0 atom stereocenters. The van der Waals surface area contributed by atoms with Gasteiger partial charge in [0.05, 0.1) is 21.7 Å². The van der Waals surface area contributed by atoms with Gasteiger partial charge in [0.1, 0.15) is 23.1 Å². The van der Waals surface area contributed by atoms with Gasteiger partial charge in [-0.15, -0.1) is 17.9 Å². The zero-order chi connectivity index (χ0) is 39.7. The van der Waals surface area contributed by atoms with E-state index in [-0.39, 0.29) is 45.3 Å². The monoisotopic (exact) mass is 785 g/mol. The first kappa shape index (κ1) is 38.4. The molecule has 3 aromatic carbocycles. The summed E-state index contributed by atoms with van der Waals surface area (Å²) in [7, 11) is 0. The molecule has 2 aliphatic rings. The standard InChI is InChI=1S/C42H36F5N5O3S/c1-3-5-17-42(16-4-2)22-51(23-42)38-27(8-7-18-48-38)39(53)49-26-13-11-24(12-14-26)41(55)52-19-15-25-20-32(40(54)50-36-28(43)9-6-10-29(36)44)56-37(25)33-31(52)21-30(45)34(46)35(33)47/h3,6-14,18,20-21H,1,4-5,15-17,19,22-23H2,2H3,(H,49,53)(H,50,54). The average Bonchev–Trinajstić information content (AvgIpc) is 3.53. The summed E-state index contributed by atoms with van der Waals surface area (Å²) < 4.78 is 73.6. The molecule has 14 heteroatoms. The van der Waals surface area contributed by atoms with Crippen LogP contribution in [0.5, 0.6) is 0 Å². The van der Waals surface area contributed by atoms with E-state index in [1.807, 2.05) is 6.08 Å². The van der Waals surface area contributed by atoms with E-state index in [0.717, 1.165) is 67.9 Å². The molecule has 0 saturated carbocycles. The molecule has 56 heavy (non-hydrogen) atoms. The van der Waals surface area contributed by atoms with Gasteiger partial charge < -0.3 is 20.4 Å². The number of carbonyl (C=O) groups excluding carboxylic acids is 3. The Morgan fingerprint density at radius 2 is 1.62 bits per heavy atom. The summed E-state index contributed by atoms with van der Waals surface area (Å²) in [5, 5.41) is 5.03. The minimum Gasteiger partial charge on any atom is -0.355 e. The van der Waals surface area contributed by atoms with Crippen LogP contribution in [0.15, 0.2) is 85.6 Å². The highest BCUT2D eigenvalue weighted by molar-refractivity contribution is 7.17. The summed E-state index contributed by atoms with van der Waals surface area (Å²) >= 11 is 0.712. The fourth-order valence-electron chi connectivity index (χ4n) is 7.48. The number of rotatable bonds is 11. The zero-order valence-electron chi connectivity index (χ0n) is 30.2. The molecule has 2 aliphatic heterocycles. The highest BCUT2D eigenvalue weighted by Gasteiger charge is 2.43. The van der Waals surface area contributed by atoms with Crippen molar-refractivity contribution in [1.29, 1.82) is 0 Å². The van der Waals surface area contributed by atoms with Gasteiger partial charge in [-0.2, -0.15) is 0 Å². The predicted molar refractivity (Wildman–Crippen MR) is 207 cm³/mol. The molecule has 1 saturated heterocycles. The van der Waals surface area contributed by atoms with Crippen molar-refractivity contribution < 1.29 is 36.3 Å². The van der Waals surface area contributed by atoms with Crippen LogP contribution in [0.2, 0.25) is 0 Å². The topological polar surface area (TPSA) is 94.6 Å². The maximum atomic E-state index is 15.6. The van der Waals surface area contributed by atoms with Gasteiger partial charge in [-0.05, 0) is 85.8 Å². The van der Waals surface area contributed by atoms with E-state index >= 15 is 4.39 Å². The number of anilines is 4. The fraction of sp³-hybridized carbons (Fsp3) is 0.238. The maximum absolute atomic E-state index is 15.6. The molecule has 7 rings (SSSR count). The molecule has 0 aliphatic carbocycles. The number of allylic oxidation sites excluding steroid dienone is 1. The third-order valence-electron chi connectivity index (χ3n) is 10.2. The third-order valence-corrected chi connectivity index (χ3v) is 11.4. The van der Waals surface area contributed by atoms with Crippen LogP contribution in [-0.2, 0) is 6.42 Å². The first-order valence-electron chi connectivity index (χ1n) is 18.0.